The van der Waals surface area contributed by atoms with E-state index in [4.69, 9.17) is 4.89 Å². The Morgan fingerprint density at radius 1 is 1.21 bits per heavy atom. The van der Waals surface area contributed by atoms with E-state index in [1.165, 1.54) is 6.07 Å². The molecule has 1 atom stereocenters. The molecule has 7 heteroatoms. The van der Waals surface area contributed by atoms with E-state index in [0.29, 0.717) is 18.4 Å². The van der Waals surface area contributed by atoms with Crippen molar-refractivity contribution in [1.29, 1.82) is 0 Å². The smallest absolute Gasteiger partial charge is 0.324 e. The maximum Gasteiger partial charge on any atom is 0.339 e. The van der Waals surface area contributed by atoms with Crippen LogP contribution in [0.1, 0.15) is 30.5 Å². The highest BCUT2D eigenvalue weighted by Crippen LogP contribution is 2.41. The fourth-order valence-corrected chi connectivity index (χ4v) is 4.71. The third kappa shape index (κ3) is 3.89. The fourth-order valence-electron chi connectivity index (χ4n) is 2.12. The van der Waals surface area contributed by atoms with E-state index in [1.807, 2.05) is 20.8 Å². The standard InChI is InChI=1S/C12H19O5PS/c1-5-10-9(3)7-8-12(11(10)6-2)19(15,16)17-18(4,13)14/h7-8H,5-6H2,1-4H3,(H,13,14). The van der Waals surface area contributed by atoms with Crippen LogP contribution in [0.25, 0.3) is 0 Å². The highest BCUT2D eigenvalue weighted by Gasteiger charge is 2.28. The van der Waals surface area contributed by atoms with Crippen molar-refractivity contribution in [3.05, 3.63) is 28.8 Å². The van der Waals surface area contributed by atoms with Gasteiger partial charge in [0.05, 0.1) is 4.90 Å². The average Bonchev–Trinajstić information content (AvgIpc) is 2.24. The molecule has 19 heavy (non-hydrogen) atoms. The van der Waals surface area contributed by atoms with Gasteiger partial charge in [-0.25, -0.2) is 0 Å². The SMILES string of the molecule is CCc1c(C)ccc(S(=O)(=O)OP(C)(=O)O)c1CC. The van der Waals surface area contributed by atoms with Gasteiger partial charge in [-0.15, -0.1) is 0 Å². The van der Waals surface area contributed by atoms with Gasteiger partial charge < -0.3 is 4.89 Å². The second-order valence-electron chi connectivity index (χ2n) is 4.38. The summed E-state index contributed by atoms with van der Waals surface area (Å²) in [6.45, 7) is 6.55. The molecule has 1 aromatic carbocycles. The number of hydrogen-bond acceptors (Lipinski definition) is 4. The lowest BCUT2D eigenvalue weighted by atomic mass is 9.98. The van der Waals surface area contributed by atoms with Crippen molar-refractivity contribution in [2.45, 2.75) is 38.5 Å². The number of rotatable bonds is 5. The molecule has 0 fully saturated rings. The molecular weight excluding hydrogens is 287 g/mol. The molecule has 0 bridgehead atoms. The molecule has 1 rings (SSSR count). The Morgan fingerprint density at radius 3 is 2.16 bits per heavy atom. The Hall–Kier alpha value is -0.680. The predicted octanol–water partition coefficient (Wildman–Crippen LogP) is 2.64. The summed E-state index contributed by atoms with van der Waals surface area (Å²) in [7, 11) is -8.33. The normalized spacial score (nSPS) is 15.2. The first-order valence-electron chi connectivity index (χ1n) is 6.00. The second-order valence-corrected chi connectivity index (χ2v) is 7.93. The van der Waals surface area contributed by atoms with E-state index in [1.54, 1.807) is 6.07 Å². The first kappa shape index (κ1) is 16.4. The van der Waals surface area contributed by atoms with E-state index in [9.17, 15) is 13.0 Å². The van der Waals surface area contributed by atoms with Crippen LogP contribution in [0.2, 0.25) is 0 Å². The molecule has 0 aromatic heterocycles. The molecule has 0 heterocycles. The highest BCUT2D eigenvalue weighted by molar-refractivity contribution is 7.91. The zero-order chi connectivity index (χ0) is 14.8. The van der Waals surface area contributed by atoms with Crippen LogP contribution in [-0.2, 0) is 31.5 Å². The molecular formula is C12H19O5PS. The lowest BCUT2D eigenvalue weighted by Gasteiger charge is -2.16. The van der Waals surface area contributed by atoms with Crippen molar-refractivity contribution in [3.63, 3.8) is 0 Å². The molecule has 1 aromatic rings. The molecule has 0 amide bonds. The second kappa shape index (κ2) is 5.75. The minimum Gasteiger partial charge on any atom is -0.324 e. The zero-order valence-electron chi connectivity index (χ0n) is 11.5. The van der Waals surface area contributed by atoms with Crippen molar-refractivity contribution in [1.82, 2.24) is 0 Å². The summed E-state index contributed by atoms with van der Waals surface area (Å²) < 4.78 is 39.7. The minimum atomic E-state index is -4.22. The zero-order valence-corrected chi connectivity index (χ0v) is 13.2. The van der Waals surface area contributed by atoms with Crippen molar-refractivity contribution < 1.29 is 21.8 Å². The third-order valence-corrected chi connectivity index (χ3v) is 5.65. The van der Waals surface area contributed by atoms with Crippen molar-refractivity contribution in [3.8, 4) is 0 Å². The summed E-state index contributed by atoms with van der Waals surface area (Å²) >= 11 is 0. The predicted molar refractivity (Wildman–Crippen MR) is 74.0 cm³/mol. The monoisotopic (exact) mass is 306 g/mol. The van der Waals surface area contributed by atoms with Gasteiger partial charge in [0.25, 0.3) is 0 Å². The minimum absolute atomic E-state index is 0.0198. The fraction of sp³-hybridized carbons (Fsp3) is 0.500. The van der Waals surface area contributed by atoms with Gasteiger partial charge in [-0.05, 0) is 42.5 Å². The van der Waals surface area contributed by atoms with E-state index >= 15 is 0 Å². The summed E-state index contributed by atoms with van der Waals surface area (Å²) in [6.07, 6.45) is 1.21. The van der Waals surface area contributed by atoms with Crippen LogP contribution in [0.15, 0.2) is 17.0 Å². The maximum absolute atomic E-state index is 12.1. The topological polar surface area (TPSA) is 80.7 Å². The lowest BCUT2D eigenvalue weighted by Crippen LogP contribution is -2.10. The molecule has 108 valence electrons. The summed E-state index contributed by atoms with van der Waals surface area (Å²) in [5.74, 6) is 0. The van der Waals surface area contributed by atoms with Crippen LogP contribution >= 0.6 is 7.60 Å². The average molecular weight is 306 g/mol. The van der Waals surface area contributed by atoms with Gasteiger partial charge >= 0.3 is 17.7 Å². The molecule has 0 saturated heterocycles. The van der Waals surface area contributed by atoms with Crippen molar-refractivity contribution in [2.24, 2.45) is 0 Å². The highest BCUT2D eigenvalue weighted by atomic mass is 32.2. The largest absolute Gasteiger partial charge is 0.339 e. The number of hydrogen-bond donors (Lipinski definition) is 1. The maximum atomic E-state index is 12.1. The Bertz CT molecular complexity index is 615. The van der Waals surface area contributed by atoms with Crippen LogP contribution < -0.4 is 0 Å². The van der Waals surface area contributed by atoms with Gasteiger partial charge in [0, 0.05) is 6.66 Å². The number of benzene rings is 1. The van der Waals surface area contributed by atoms with Crippen molar-refractivity contribution >= 4 is 17.7 Å². The van der Waals surface area contributed by atoms with E-state index in [0.717, 1.165) is 17.8 Å². The Morgan fingerprint density at radius 2 is 1.74 bits per heavy atom. The Kier molecular flexibility index (Phi) is 4.96. The van der Waals surface area contributed by atoms with Crippen LogP contribution in [0.4, 0.5) is 0 Å². The molecule has 0 aliphatic carbocycles. The van der Waals surface area contributed by atoms with Crippen LogP contribution in [0.3, 0.4) is 0 Å². The quantitative estimate of drug-likeness (QED) is 0.846. The summed E-state index contributed by atoms with van der Waals surface area (Å²) in [5.41, 5.74) is 2.59. The van der Waals surface area contributed by atoms with Gasteiger partial charge in [-0.1, -0.05) is 19.9 Å². The molecule has 5 nitrogen and oxygen atoms in total. The van der Waals surface area contributed by atoms with Gasteiger partial charge in [0.2, 0.25) is 0 Å². The molecule has 1 N–H and O–H groups in total. The molecule has 0 saturated carbocycles. The third-order valence-electron chi connectivity index (χ3n) is 2.84. The van der Waals surface area contributed by atoms with Gasteiger partial charge in [-0.2, -0.15) is 12.4 Å². The first-order chi connectivity index (χ1) is 8.62. The lowest BCUT2D eigenvalue weighted by molar-refractivity contribution is 0.383. The molecule has 0 radical (unpaired) electrons. The molecule has 0 aliphatic rings. The molecule has 0 aliphatic heterocycles. The Balaban J connectivity index is 3.48. The van der Waals surface area contributed by atoms with Gasteiger partial charge in [0.15, 0.2) is 0 Å². The van der Waals surface area contributed by atoms with Crippen molar-refractivity contribution in [2.75, 3.05) is 6.66 Å². The van der Waals surface area contributed by atoms with E-state index in [2.05, 4.69) is 3.97 Å². The van der Waals surface area contributed by atoms with Crippen LogP contribution in [-0.4, -0.2) is 20.0 Å². The number of aryl methyl sites for hydroxylation is 1. The summed E-state index contributed by atoms with van der Waals surface area (Å²) in [6, 6.07) is 3.12. The van der Waals surface area contributed by atoms with Crippen LogP contribution in [0.5, 0.6) is 0 Å². The summed E-state index contributed by atoms with van der Waals surface area (Å²) in [4.78, 5) is 9.09. The summed E-state index contributed by atoms with van der Waals surface area (Å²) in [5, 5.41) is 0. The van der Waals surface area contributed by atoms with E-state index in [-0.39, 0.29) is 4.90 Å². The van der Waals surface area contributed by atoms with Gasteiger partial charge in [-0.3, -0.25) is 4.57 Å². The van der Waals surface area contributed by atoms with Crippen LogP contribution in [0, 0.1) is 6.92 Å². The first-order valence-corrected chi connectivity index (χ1v) is 9.43. The van der Waals surface area contributed by atoms with Gasteiger partial charge in [0.1, 0.15) is 0 Å². The Labute approximate surface area is 114 Å². The molecule has 0 spiro atoms. The van der Waals surface area contributed by atoms with E-state index < -0.39 is 17.7 Å². The molecule has 1 unspecified atom stereocenters.